The number of hydrogen-bond acceptors (Lipinski definition) is 5. The van der Waals surface area contributed by atoms with Crippen molar-refractivity contribution in [3.05, 3.63) is 42.1 Å². The van der Waals surface area contributed by atoms with E-state index in [4.69, 9.17) is 22.7 Å². The zero-order valence-electron chi connectivity index (χ0n) is 10.3. The number of hydrogen-bond donors (Lipinski definition) is 1. The van der Waals surface area contributed by atoms with Crippen LogP contribution in [0.25, 0.3) is 0 Å². The summed E-state index contributed by atoms with van der Waals surface area (Å²) in [5.41, 5.74) is 5.87. The van der Waals surface area contributed by atoms with Gasteiger partial charge in [0.15, 0.2) is 0 Å². The average molecular weight is 315 g/mol. The number of thiocarbonyl (C=S) groups is 1. The van der Waals surface area contributed by atoms with Crippen LogP contribution in [0.2, 0.25) is 0 Å². The fourth-order valence-electron chi connectivity index (χ4n) is 1.40. The molecule has 0 aliphatic heterocycles. The van der Waals surface area contributed by atoms with E-state index < -0.39 is 6.36 Å². The summed E-state index contributed by atoms with van der Waals surface area (Å²) in [5, 5.41) is 7.35. The highest BCUT2D eigenvalue weighted by Gasteiger charge is 2.31. The Bertz CT molecular complexity index is 647. The predicted octanol–water partition coefficient (Wildman–Crippen LogP) is 2.80. The summed E-state index contributed by atoms with van der Waals surface area (Å²) < 4.78 is 45.2. The van der Waals surface area contributed by atoms with Crippen LogP contribution < -0.4 is 15.2 Å². The topological polar surface area (TPSA) is 70.3 Å². The van der Waals surface area contributed by atoms with Gasteiger partial charge in [-0.05, 0) is 30.3 Å². The first-order chi connectivity index (χ1) is 9.85. The SMILES string of the molecule is NC(=S)c1ccnnc1Oc1ccc(OC(F)(F)F)cc1. The number of benzene rings is 1. The van der Waals surface area contributed by atoms with Gasteiger partial charge in [0.2, 0.25) is 5.88 Å². The van der Waals surface area contributed by atoms with Crippen LogP contribution in [0.1, 0.15) is 5.56 Å². The second-order valence-electron chi connectivity index (χ2n) is 3.74. The van der Waals surface area contributed by atoms with Crippen molar-refractivity contribution in [3.8, 4) is 17.4 Å². The van der Waals surface area contributed by atoms with Crippen molar-refractivity contribution < 1.29 is 22.6 Å². The Labute approximate surface area is 122 Å². The second kappa shape index (κ2) is 5.92. The molecule has 0 saturated heterocycles. The molecule has 110 valence electrons. The molecule has 2 aromatic rings. The Morgan fingerprint density at radius 2 is 1.71 bits per heavy atom. The molecule has 5 nitrogen and oxygen atoms in total. The number of halogens is 3. The van der Waals surface area contributed by atoms with Crippen molar-refractivity contribution in [2.24, 2.45) is 5.73 Å². The van der Waals surface area contributed by atoms with Crippen molar-refractivity contribution in [2.45, 2.75) is 6.36 Å². The molecule has 1 aromatic carbocycles. The van der Waals surface area contributed by atoms with E-state index in [9.17, 15) is 13.2 Å². The lowest BCUT2D eigenvalue weighted by molar-refractivity contribution is -0.274. The first kappa shape index (κ1) is 15.0. The van der Waals surface area contributed by atoms with Crippen molar-refractivity contribution in [3.63, 3.8) is 0 Å². The summed E-state index contributed by atoms with van der Waals surface area (Å²) in [6.45, 7) is 0. The molecular formula is C12H8F3N3O2S. The van der Waals surface area contributed by atoms with Crippen LogP contribution in [0.5, 0.6) is 17.4 Å². The minimum absolute atomic E-state index is 0.0643. The molecule has 0 bridgehead atoms. The van der Waals surface area contributed by atoms with Crippen LogP contribution in [0.15, 0.2) is 36.5 Å². The number of ether oxygens (including phenoxy) is 2. The molecule has 1 aromatic heterocycles. The lowest BCUT2D eigenvalue weighted by Gasteiger charge is -2.10. The van der Waals surface area contributed by atoms with E-state index in [-0.39, 0.29) is 22.4 Å². The summed E-state index contributed by atoms with van der Waals surface area (Å²) in [5.74, 6) is -0.0550. The Morgan fingerprint density at radius 1 is 1.10 bits per heavy atom. The maximum atomic E-state index is 12.0. The van der Waals surface area contributed by atoms with Crippen molar-refractivity contribution >= 4 is 17.2 Å². The molecule has 2 N–H and O–H groups in total. The third-order valence-corrected chi connectivity index (χ3v) is 2.44. The maximum absolute atomic E-state index is 12.0. The first-order valence-electron chi connectivity index (χ1n) is 5.50. The molecule has 0 saturated carbocycles. The molecule has 0 atom stereocenters. The molecule has 0 radical (unpaired) electrons. The summed E-state index contributed by atoms with van der Waals surface area (Å²) in [4.78, 5) is 0.0666. The van der Waals surface area contributed by atoms with Crippen LogP contribution in [0.3, 0.4) is 0 Å². The standard InChI is InChI=1S/C12H8F3N3O2S/c13-12(14,15)20-8-3-1-7(2-4-8)19-11-9(10(16)21)5-6-17-18-11/h1-6H,(H2,16,21). The van der Waals surface area contributed by atoms with Crippen LogP contribution in [0.4, 0.5) is 13.2 Å². The number of rotatable bonds is 4. The van der Waals surface area contributed by atoms with Crippen molar-refractivity contribution in [1.29, 1.82) is 0 Å². The van der Waals surface area contributed by atoms with Crippen LogP contribution in [-0.2, 0) is 0 Å². The van der Waals surface area contributed by atoms with Gasteiger partial charge in [-0.2, -0.15) is 5.10 Å². The first-order valence-corrected chi connectivity index (χ1v) is 5.91. The lowest BCUT2D eigenvalue weighted by Crippen LogP contribution is -2.16. The van der Waals surface area contributed by atoms with Gasteiger partial charge >= 0.3 is 6.36 Å². The van der Waals surface area contributed by atoms with E-state index in [1.165, 1.54) is 24.4 Å². The molecule has 21 heavy (non-hydrogen) atoms. The molecule has 0 spiro atoms. The van der Waals surface area contributed by atoms with Crippen molar-refractivity contribution in [2.75, 3.05) is 0 Å². The molecule has 0 unspecified atom stereocenters. The van der Waals surface area contributed by atoms with Gasteiger partial charge < -0.3 is 15.2 Å². The highest BCUT2D eigenvalue weighted by Crippen LogP contribution is 2.27. The van der Waals surface area contributed by atoms with E-state index in [0.717, 1.165) is 12.1 Å². The van der Waals surface area contributed by atoms with Crippen molar-refractivity contribution in [1.82, 2.24) is 10.2 Å². The second-order valence-corrected chi connectivity index (χ2v) is 4.18. The third-order valence-electron chi connectivity index (χ3n) is 2.22. The van der Waals surface area contributed by atoms with Crippen LogP contribution >= 0.6 is 12.2 Å². The Hall–Kier alpha value is -2.42. The Balaban J connectivity index is 2.16. The molecular weight excluding hydrogens is 307 g/mol. The molecule has 0 aliphatic carbocycles. The van der Waals surface area contributed by atoms with Crippen LogP contribution in [-0.4, -0.2) is 21.5 Å². The molecule has 0 fully saturated rings. The molecule has 9 heteroatoms. The smallest absolute Gasteiger partial charge is 0.437 e. The quantitative estimate of drug-likeness (QED) is 0.875. The number of nitrogens with zero attached hydrogens (tertiary/aromatic N) is 2. The number of alkyl halides is 3. The van der Waals surface area contributed by atoms with Gasteiger partial charge in [0, 0.05) is 0 Å². The van der Waals surface area contributed by atoms with E-state index in [1.807, 2.05) is 0 Å². The van der Waals surface area contributed by atoms with Gasteiger partial charge in [-0.1, -0.05) is 12.2 Å². The summed E-state index contributed by atoms with van der Waals surface area (Å²) in [6.07, 6.45) is -3.35. The predicted molar refractivity (Wildman–Crippen MR) is 71.1 cm³/mol. The number of aromatic nitrogens is 2. The third kappa shape index (κ3) is 4.28. The van der Waals surface area contributed by atoms with E-state index >= 15 is 0 Å². The highest BCUT2D eigenvalue weighted by molar-refractivity contribution is 7.80. The van der Waals surface area contributed by atoms with E-state index in [0.29, 0.717) is 5.56 Å². The van der Waals surface area contributed by atoms with Gasteiger partial charge in [-0.15, -0.1) is 18.3 Å². The minimum Gasteiger partial charge on any atom is -0.437 e. The maximum Gasteiger partial charge on any atom is 0.573 e. The highest BCUT2D eigenvalue weighted by atomic mass is 32.1. The normalized spacial score (nSPS) is 11.0. The minimum atomic E-state index is -4.74. The van der Waals surface area contributed by atoms with Gasteiger partial charge in [0.25, 0.3) is 0 Å². The fraction of sp³-hybridized carbons (Fsp3) is 0.0833. The zero-order chi connectivity index (χ0) is 15.5. The average Bonchev–Trinajstić information content (AvgIpc) is 2.40. The van der Waals surface area contributed by atoms with E-state index in [2.05, 4.69) is 14.9 Å². The summed E-state index contributed by atoms with van der Waals surface area (Å²) in [7, 11) is 0. The van der Waals surface area contributed by atoms with Gasteiger partial charge in [0.1, 0.15) is 16.5 Å². The van der Waals surface area contributed by atoms with Gasteiger partial charge in [-0.3, -0.25) is 0 Å². The molecule has 0 aliphatic rings. The van der Waals surface area contributed by atoms with Gasteiger partial charge in [0.05, 0.1) is 11.8 Å². The van der Waals surface area contributed by atoms with Crippen LogP contribution in [0, 0.1) is 0 Å². The molecule has 1 heterocycles. The molecule has 2 rings (SSSR count). The summed E-state index contributed by atoms with van der Waals surface area (Å²) >= 11 is 4.83. The zero-order valence-corrected chi connectivity index (χ0v) is 11.1. The summed E-state index contributed by atoms with van der Waals surface area (Å²) in [6, 6.07) is 6.32. The molecule has 0 amide bonds. The Kier molecular flexibility index (Phi) is 4.22. The van der Waals surface area contributed by atoms with Gasteiger partial charge in [-0.25, -0.2) is 0 Å². The monoisotopic (exact) mass is 315 g/mol. The number of nitrogens with two attached hydrogens (primary N) is 1. The lowest BCUT2D eigenvalue weighted by atomic mass is 10.3. The Morgan fingerprint density at radius 3 is 2.29 bits per heavy atom. The largest absolute Gasteiger partial charge is 0.573 e. The van der Waals surface area contributed by atoms with E-state index in [1.54, 1.807) is 0 Å². The fourth-order valence-corrected chi connectivity index (χ4v) is 1.56.